The third kappa shape index (κ3) is 3.67. The molecule has 1 heterocycles. The summed E-state index contributed by atoms with van der Waals surface area (Å²) in [6.07, 6.45) is 3.00. The van der Waals surface area contributed by atoms with Crippen molar-refractivity contribution >= 4 is 15.7 Å². The standard InChI is InChI=1S/C12H24N2O4S/c1-11(2,19(4,16)17)10(15)13-8-12(9-18-3)6-5-7-14-12/h14H,5-9H2,1-4H3,(H,13,15). The second kappa shape index (κ2) is 5.76. The van der Waals surface area contributed by atoms with Gasteiger partial charge in [0.15, 0.2) is 9.84 Å². The topological polar surface area (TPSA) is 84.5 Å². The maximum Gasteiger partial charge on any atom is 0.240 e. The van der Waals surface area contributed by atoms with Gasteiger partial charge in [0.2, 0.25) is 5.91 Å². The lowest BCUT2D eigenvalue weighted by Crippen LogP contribution is -2.56. The van der Waals surface area contributed by atoms with Crippen molar-refractivity contribution < 1.29 is 17.9 Å². The molecule has 1 atom stereocenters. The number of carbonyl (C=O) groups is 1. The SMILES string of the molecule is COCC1(CNC(=O)C(C)(C)S(C)(=O)=O)CCCN1. The van der Waals surface area contributed by atoms with Gasteiger partial charge in [-0.3, -0.25) is 4.79 Å². The summed E-state index contributed by atoms with van der Waals surface area (Å²) in [5.41, 5.74) is -0.280. The van der Waals surface area contributed by atoms with Crippen molar-refractivity contribution in [2.75, 3.05) is 33.1 Å². The van der Waals surface area contributed by atoms with Gasteiger partial charge < -0.3 is 15.4 Å². The number of sulfone groups is 1. The Balaban J connectivity index is 2.68. The number of carbonyl (C=O) groups excluding carboxylic acids is 1. The van der Waals surface area contributed by atoms with Gasteiger partial charge in [-0.15, -0.1) is 0 Å². The first kappa shape index (κ1) is 16.4. The van der Waals surface area contributed by atoms with Gasteiger partial charge >= 0.3 is 0 Å². The van der Waals surface area contributed by atoms with Gasteiger partial charge in [-0.25, -0.2) is 8.42 Å². The Morgan fingerprint density at radius 2 is 2.11 bits per heavy atom. The van der Waals surface area contributed by atoms with Gasteiger partial charge in [-0.1, -0.05) is 0 Å². The van der Waals surface area contributed by atoms with Gasteiger partial charge in [-0.05, 0) is 33.2 Å². The zero-order valence-electron chi connectivity index (χ0n) is 12.1. The number of amides is 1. The van der Waals surface area contributed by atoms with E-state index in [4.69, 9.17) is 4.74 Å². The van der Waals surface area contributed by atoms with Crippen LogP contribution >= 0.6 is 0 Å². The molecule has 0 aromatic carbocycles. The van der Waals surface area contributed by atoms with Crippen LogP contribution < -0.4 is 10.6 Å². The lowest BCUT2D eigenvalue weighted by molar-refractivity contribution is -0.123. The lowest BCUT2D eigenvalue weighted by atomic mass is 9.98. The first-order valence-corrected chi connectivity index (χ1v) is 8.26. The fourth-order valence-electron chi connectivity index (χ4n) is 2.10. The van der Waals surface area contributed by atoms with Gasteiger partial charge in [0.1, 0.15) is 4.75 Å². The smallest absolute Gasteiger partial charge is 0.240 e. The number of hydrogen-bond donors (Lipinski definition) is 2. The molecule has 1 fully saturated rings. The number of methoxy groups -OCH3 is 1. The summed E-state index contributed by atoms with van der Waals surface area (Å²) in [5.74, 6) is -0.473. The molecule has 0 aliphatic carbocycles. The summed E-state index contributed by atoms with van der Waals surface area (Å²) < 4.78 is 27.0. The average Bonchev–Trinajstić information content (AvgIpc) is 2.74. The molecule has 0 spiro atoms. The van der Waals surface area contributed by atoms with Gasteiger partial charge in [0.05, 0.1) is 12.1 Å². The van der Waals surface area contributed by atoms with Crippen LogP contribution in [0.15, 0.2) is 0 Å². The fourth-order valence-corrected chi connectivity index (χ4v) is 2.51. The third-order valence-electron chi connectivity index (χ3n) is 3.81. The zero-order valence-corrected chi connectivity index (χ0v) is 12.9. The highest BCUT2D eigenvalue weighted by Gasteiger charge is 2.40. The Labute approximate surface area is 115 Å². The molecule has 1 rings (SSSR count). The zero-order chi connectivity index (χ0) is 14.7. The molecule has 0 bridgehead atoms. The second-order valence-electron chi connectivity index (χ2n) is 5.71. The molecule has 0 aromatic heterocycles. The number of nitrogens with one attached hydrogen (secondary N) is 2. The van der Waals surface area contributed by atoms with Crippen LogP contribution in [0.25, 0.3) is 0 Å². The van der Waals surface area contributed by atoms with E-state index < -0.39 is 20.5 Å². The normalized spacial score (nSPS) is 24.4. The molecule has 0 aromatic rings. The van der Waals surface area contributed by atoms with Crippen LogP contribution in [0.1, 0.15) is 26.7 Å². The van der Waals surface area contributed by atoms with E-state index in [2.05, 4.69) is 10.6 Å². The molecule has 1 aliphatic rings. The summed E-state index contributed by atoms with van der Waals surface area (Å²) in [4.78, 5) is 12.1. The van der Waals surface area contributed by atoms with Crippen LogP contribution in [0.2, 0.25) is 0 Å². The van der Waals surface area contributed by atoms with Crippen LogP contribution in [0.5, 0.6) is 0 Å². The predicted octanol–water partition coefficient (Wildman–Crippen LogP) is -0.306. The van der Waals surface area contributed by atoms with Crippen molar-refractivity contribution in [2.24, 2.45) is 0 Å². The summed E-state index contributed by atoms with van der Waals surface area (Å²) in [6, 6.07) is 0. The van der Waals surface area contributed by atoms with E-state index in [1.165, 1.54) is 13.8 Å². The van der Waals surface area contributed by atoms with Crippen LogP contribution in [0.4, 0.5) is 0 Å². The molecule has 1 saturated heterocycles. The van der Waals surface area contributed by atoms with Gasteiger partial charge in [0.25, 0.3) is 0 Å². The molecule has 19 heavy (non-hydrogen) atoms. The molecule has 1 aliphatic heterocycles. The van der Waals surface area contributed by atoms with E-state index >= 15 is 0 Å². The van der Waals surface area contributed by atoms with Crippen molar-refractivity contribution in [3.05, 3.63) is 0 Å². The predicted molar refractivity (Wildman–Crippen MR) is 73.8 cm³/mol. The van der Waals surface area contributed by atoms with Crippen molar-refractivity contribution in [2.45, 2.75) is 37.0 Å². The first-order valence-electron chi connectivity index (χ1n) is 6.36. The van der Waals surface area contributed by atoms with E-state index in [1.807, 2.05) is 0 Å². The first-order chi connectivity index (χ1) is 8.65. The molecule has 7 heteroatoms. The maximum absolute atomic E-state index is 12.1. The van der Waals surface area contributed by atoms with Gasteiger partial charge in [-0.2, -0.15) is 0 Å². The molecule has 1 unspecified atom stereocenters. The highest BCUT2D eigenvalue weighted by Crippen LogP contribution is 2.20. The summed E-state index contributed by atoms with van der Waals surface area (Å²) in [6.45, 7) is 4.59. The van der Waals surface area contributed by atoms with Crippen molar-refractivity contribution in [3.8, 4) is 0 Å². The minimum Gasteiger partial charge on any atom is -0.383 e. The lowest BCUT2D eigenvalue weighted by Gasteiger charge is -2.31. The molecule has 0 saturated carbocycles. The molecule has 6 nitrogen and oxygen atoms in total. The van der Waals surface area contributed by atoms with Crippen LogP contribution in [-0.4, -0.2) is 57.7 Å². The Morgan fingerprint density at radius 3 is 2.53 bits per heavy atom. The highest BCUT2D eigenvalue weighted by molar-refractivity contribution is 7.92. The maximum atomic E-state index is 12.1. The third-order valence-corrected chi connectivity index (χ3v) is 5.85. The van der Waals surface area contributed by atoms with Crippen molar-refractivity contribution in [1.29, 1.82) is 0 Å². The monoisotopic (exact) mass is 292 g/mol. The summed E-state index contributed by atoms with van der Waals surface area (Å²) >= 11 is 0. The fraction of sp³-hybridized carbons (Fsp3) is 0.917. The molecule has 2 N–H and O–H groups in total. The largest absolute Gasteiger partial charge is 0.383 e. The number of rotatable bonds is 6. The number of hydrogen-bond acceptors (Lipinski definition) is 5. The molecule has 112 valence electrons. The molecular formula is C12H24N2O4S. The van der Waals surface area contributed by atoms with E-state index in [0.29, 0.717) is 13.2 Å². The minimum atomic E-state index is -3.44. The Hall–Kier alpha value is -0.660. The second-order valence-corrected chi connectivity index (χ2v) is 8.27. The van der Waals surface area contributed by atoms with E-state index in [9.17, 15) is 13.2 Å². The number of ether oxygens (including phenoxy) is 1. The van der Waals surface area contributed by atoms with Crippen molar-refractivity contribution in [1.82, 2.24) is 10.6 Å². The van der Waals surface area contributed by atoms with Crippen LogP contribution in [-0.2, 0) is 19.4 Å². The van der Waals surface area contributed by atoms with Crippen LogP contribution in [0, 0.1) is 0 Å². The Morgan fingerprint density at radius 1 is 1.47 bits per heavy atom. The summed E-state index contributed by atoms with van der Waals surface area (Å²) in [7, 11) is -1.83. The van der Waals surface area contributed by atoms with Crippen molar-refractivity contribution in [3.63, 3.8) is 0 Å². The van der Waals surface area contributed by atoms with Gasteiger partial charge in [0, 0.05) is 19.9 Å². The summed E-state index contributed by atoms with van der Waals surface area (Å²) in [5, 5.41) is 6.06. The highest BCUT2D eigenvalue weighted by atomic mass is 32.2. The van der Waals surface area contributed by atoms with E-state index in [1.54, 1.807) is 7.11 Å². The molecular weight excluding hydrogens is 268 g/mol. The minimum absolute atomic E-state index is 0.280. The Bertz CT molecular complexity index is 425. The van der Waals surface area contributed by atoms with E-state index in [0.717, 1.165) is 25.6 Å². The van der Waals surface area contributed by atoms with E-state index in [-0.39, 0.29) is 5.54 Å². The Kier molecular flexibility index (Phi) is 4.97. The molecule has 0 radical (unpaired) electrons. The quantitative estimate of drug-likeness (QED) is 0.702. The molecule has 1 amide bonds. The average molecular weight is 292 g/mol. The van der Waals surface area contributed by atoms with Crippen LogP contribution in [0.3, 0.4) is 0 Å².